The lowest BCUT2D eigenvalue weighted by molar-refractivity contribution is 0.101. The Morgan fingerprint density at radius 1 is 1.48 bits per heavy atom. The standard InChI is InChI=1S/C17H26N2O2/c1-4-21-17-6-5-15(13(3)20)8-16(17)11-19-10-14(9-18)7-12(19)2/h5-6,8,12,14H,4,7,9-11,18H2,1-3H3. The highest BCUT2D eigenvalue weighted by Gasteiger charge is 2.28. The maximum absolute atomic E-state index is 11.6. The maximum atomic E-state index is 11.6. The third kappa shape index (κ3) is 3.83. The highest BCUT2D eigenvalue weighted by Crippen LogP contribution is 2.28. The molecule has 0 bridgehead atoms. The molecule has 1 heterocycles. The number of nitrogens with two attached hydrogens (primary N) is 1. The average Bonchev–Trinajstić information content (AvgIpc) is 2.81. The molecule has 4 nitrogen and oxygen atoms in total. The van der Waals surface area contributed by atoms with Crippen LogP contribution in [0.4, 0.5) is 0 Å². The fraction of sp³-hybridized carbons (Fsp3) is 0.588. The summed E-state index contributed by atoms with van der Waals surface area (Å²) in [5, 5.41) is 0. The predicted molar refractivity (Wildman–Crippen MR) is 84.6 cm³/mol. The number of rotatable bonds is 6. The second-order valence-corrected chi connectivity index (χ2v) is 5.93. The minimum atomic E-state index is 0.0913. The van der Waals surface area contributed by atoms with E-state index in [1.165, 1.54) is 0 Å². The Kier molecular flexibility index (Phi) is 5.37. The molecule has 1 aliphatic heterocycles. The molecule has 0 aliphatic carbocycles. The van der Waals surface area contributed by atoms with Gasteiger partial charge in [-0.05, 0) is 57.9 Å². The highest BCUT2D eigenvalue weighted by atomic mass is 16.5. The Morgan fingerprint density at radius 2 is 2.24 bits per heavy atom. The van der Waals surface area contributed by atoms with Crippen molar-refractivity contribution < 1.29 is 9.53 Å². The first kappa shape index (κ1) is 16.0. The third-order valence-electron chi connectivity index (χ3n) is 4.26. The molecule has 4 heteroatoms. The van der Waals surface area contributed by atoms with Crippen LogP contribution in [0.1, 0.15) is 43.1 Å². The van der Waals surface area contributed by atoms with E-state index in [1.54, 1.807) is 6.92 Å². The molecule has 1 aromatic carbocycles. The number of hydrogen-bond acceptors (Lipinski definition) is 4. The molecule has 0 spiro atoms. The number of ether oxygens (including phenoxy) is 1. The summed E-state index contributed by atoms with van der Waals surface area (Å²) in [6.45, 7) is 9.03. The van der Waals surface area contributed by atoms with E-state index >= 15 is 0 Å². The van der Waals surface area contributed by atoms with E-state index in [0.29, 0.717) is 18.6 Å². The van der Waals surface area contributed by atoms with E-state index in [4.69, 9.17) is 10.5 Å². The van der Waals surface area contributed by atoms with E-state index in [2.05, 4.69) is 11.8 Å². The fourth-order valence-electron chi connectivity index (χ4n) is 3.05. The molecule has 116 valence electrons. The molecule has 2 unspecified atom stereocenters. The maximum Gasteiger partial charge on any atom is 0.159 e. The highest BCUT2D eigenvalue weighted by molar-refractivity contribution is 5.94. The predicted octanol–water partition coefficient (Wildman–Crippen LogP) is 2.46. The van der Waals surface area contributed by atoms with Crippen LogP contribution in [0.5, 0.6) is 5.75 Å². The molecule has 0 saturated carbocycles. The first-order valence-corrected chi connectivity index (χ1v) is 7.75. The van der Waals surface area contributed by atoms with E-state index in [-0.39, 0.29) is 5.78 Å². The van der Waals surface area contributed by atoms with Gasteiger partial charge >= 0.3 is 0 Å². The van der Waals surface area contributed by atoms with Gasteiger partial charge in [0.2, 0.25) is 0 Å². The van der Waals surface area contributed by atoms with Crippen LogP contribution in [-0.2, 0) is 6.54 Å². The number of benzene rings is 1. The van der Waals surface area contributed by atoms with Crippen molar-refractivity contribution >= 4 is 5.78 Å². The zero-order valence-corrected chi connectivity index (χ0v) is 13.3. The lowest BCUT2D eigenvalue weighted by atomic mass is 10.1. The topological polar surface area (TPSA) is 55.6 Å². The van der Waals surface area contributed by atoms with Crippen molar-refractivity contribution in [1.29, 1.82) is 0 Å². The molecule has 0 aromatic heterocycles. The van der Waals surface area contributed by atoms with Crippen LogP contribution in [-0.4, -0.2) is 36.4 Å². The van der Waals surface area contributed by atoms with Crippen molar-refractivity contribution in [3.05, 3.63) is 29.3 Å². The van der Waals surface area contributed by atoms with Crippen LogP contribution in [0.2, 0.25) is 0 Å². The first-order valence-electron chi connectivity index (χ1n) is 7.75. The van der Waals surface area contributed by atoms with Crippen molar-refractivity contribution in [2.45, 2.75) is 39.8 Å². The van der Waals surface area contributed by atoms with Crippen LogP contribution < -0.4 is 10.5 Å². The third-order valence-corrected chi connectivity index (χ3v) is 4.26. The number of ketones is 1. The monoisotopic (exact) mass is 290 g/mol. The number of hydrogen-bond donors (Lipinski definition) is 1. The number of likely N-dealkylation sites (tertiary alicyclic amines) is 1. The number of carbonyl (C=O) groups excluding carboxylic acids is 1. The first-order chi connectivity index (χ1) is 10.0. The molecule has 0 radical (unpaired) electrons. The van der Waals surface area contributed by atoms with Gasteiger partial charge in [-0.2, -0.15) is 0 Å². The number of nitrogens with zero attached hydrogens (tertiary/aromatic N) is 1. The Morgan fingerprint density at radius 3 is 2.81 bits per heavy atom. The molecule has 2 rings (SSSR count). The summed E-state index contributed by atoms with van der Waals surface area (Å²) >= 11 is 0. The quantitative estimate of drug-likeness (QED) is 0.818. The second-order valence-electron chi connectivity index (χ2n) is 5.93. The Bertz CT molecular complexity index is 502. The van der Waals surface area contributed by atoms with Crippen molar-refractivity contribution in [3.8, 4) is 5.75 Å². The van der Waals surface area contributed by atoms with Gasteiger partial charge in [0.25, 0.3) is 0 Å². The van der Waals surface area contributed by atoms with Crippen molar-refractivity contribution in [2.75, 3.05) is 19.7 Å². The normalized spacial score (nSPS) is 22.5. The van der Waals surface area contributed by atoms with Gasteiger partial charge in [-0.15, -0.1) is 0 Å². The lowest BCUT2D eigenvalue weighted by Gasteiger charge is -2.23. The Labute approximate surface area is 127 Å². The smallest absolute Gasteiger partial charge is 0.159 e. The summed E-state index contributed by atoms with van der Waals surface area (Å²) in [7, 11) is 0. The molecule has 1 fully saturated rings. The minimum Gasteiger partial charge on any atom is -0.494 e. The van der Waals surface area contributed by atoms with Crippen molar-refractivity contribution in [3.63, 3.8) is 0 Å². The molecular weight excluding hydrogens is 264 g/mol. The van der Waals surface area contributed by atoms with E-state index < -0.39 is 0 Å². The lowest BCUT2D eigenvalue weighted by Crippen LogP contribution is -2.27. The van der Waals surface area contributed by atoms with Crippen molar-refractivity contribution in [2.24, 2.45) is 11.7 Å². The molecule has 2 atom stereocenters. The molecule has 2 N–H and O–H groups in total. The Balaban J connectivity index is 2.20. The SMILES string of the molecule is CCOc1ccc(C(C)=O)cc1CN1CC(CN)CC1C. The minimum absolute atomic E-state index is 0.0913. The van der Waals surface area contributed by atoms with Gasteiger partial charge in [-0.1, -0.05) is 0 Å². The Hall–Kier alpha value is -1.39. The summed E-state index contributed by atoms with van der Waals surface area (Å²) in [6.07, 6.45) is 1.15. The van der Waals surface area contributed by atoms with Gasteiger partial charge in [0, 0.05) is 30.3 Å². The van der Waals surface area contributed by atoms with Crippen LogP contribution in [0.3, 0.4) is 0 Å². The van der Waals surface area contributed by atoms with Gasteiger partial charge < -0.3 is 10.5 Å². The van der Waals surface area contributed by atoms with Crippen LogP contribution in [0, 0.1) is 5.92 Å². The molecular formula is C17H26N2O2. The fourth-order valence-corrected chi connectivity index (χ4v) is 3.05. The zero-order valence-electron chi connectivity index (χ0n) is 13.3. The van der Waals surface area contributed by atoms with Gasteiger partial charge in [0.15, 0.2) is 5.78 Å². The van der Waals surface area contributed by atoms with Crippen LogP contribution in [0.15, 0.2) is 18.2 Å². The number of carbonyl (C=O) groups is 1. The van der Waals surface area contributed by atoms with Gasteiger partial charge in [0.1, 0.15) is 5.75 Å². The van der Waals surface area contributed by atoms with Gasteiger partial charge in [0.05, 0.1) is 6.61 Å². The molecule has 0 amide bonds. The number of Topliss-reactive ketones (excluding diaryl/α,β-unsaturated/α-hetero) is 1. The summed E-state index contributed by atoms with van der Waals surface area (Å²) in [4.78, 5) is 14.0. The summed E-state index contributed by atoms with van der Waals surface area (Å²) < 4.78 is 5.71. The molecule has 21 heavy (non-hydrogen) atoms. The van der Waals surface area contributed by atoms with E-state index in [9.17, 15) is 4.79 Å². The second kappa shape index (κ2) is 7.05. The van der Waals surface area contributed by atoms with Gasteiger partial charge in [-0.3, -0.25) is 9.69 Å². The zero-order chi connectivity index (χ0) is 15.4. The largest absolute Gasteiger partial charge is 0.494 e. The molecule has 1 aromatic rings. The average molecular weight is 290 g/mol. The summed E-state index contributed by atoms with van der Waals surface area (Å²) in [5.74, 6) is 1.55. The summed E-state index contributed by atoms with van der Waals surface area (Å²) in [6, 6.07) is 6.24. The van der Waals surface area contributed by atoms with Crippen molar-refractivity contribution in [1.82, 2.24) is 4.90 Å². The van der Waals surface area contributed by atoms with Crippen LogP contribution >= 0.6 is 0 Å². The molecule has 1 saturated heterocycles. The van der Waals surface area contributed by atoms with Crippen LogP contribution in [0.25, 0.3) is 0 Å². The van der Waals surface area contributed by atoms with Gasteiger partial charge in [-0.25, -0.2) is 0 Å². The van der Waals surface area contributed by atoms with E-state index in [0.717, 1.165) is 42.9 Å². The molecule has 1 aliphatic rings. The van der Waals surface area contributed by atoms with E-state index in [1.807, 2.05) is 25.1 Å². The summed E-state index contributed by atoms with van der Waals surface area (Å²) in [5.41, 5.74) is 7.63.